The topological polar surface area (TPSA) is 41.5 Å². The van der Waals surface area contributed by atoms with Crippen molar-refractivity contribution in [1.82, 2.24) is 9.97 Å². The molecule has 1 aromatic carbocycles. The Morgan fingerprint density at radius 3 is 2.32 bits per heavy atom. The molecule has 3 aromatic rings. The maximum absolute atomic E-state index is 5.25. The lowest BCUT2D eigenvalue weighted by Crippen LogP contribution is -2.47. The van der Waals surface area contributed by atoms with Crippen LogP contribution < -0.4 is 14.5 Å². The number of fused-ring (bicyclic) bond motifs is 1. The van der Waals surface area contributed by atoms with Gasteiger partial charge >= 0.3 is 0 Å². The van der Waals surface area contributed by atoms with Gasteiger partial charge in [0, 0.05) is 36.7 Å². The summed E-state index contributed by atoms with van der Waals surface area (Å²) in [6.07, 6.45) is 0. The molecule has 0 saturated carbocycles. The zero-order chi connectivity index (χ0) is 17.4. The molecule has 5 nitrogen and oxygen atoms in total. The number of aryl methyl sites for hydroxylation is 2. The fourth-order valence-corrected chi connectivity index (χ4v) is 4.26. The van der Waals surface area contributed by atoms with E-state index < -0.39 is 0 Å². The number of rotatable bonds is 3. The number of thiophene rings is 1. The van der Waals surface area contributed by atoms with Gasteiger partial charge in [0.25, 0.3) is 0 Å². The van der Waals surface area contributed by atoms with Crippen LogP contribution in [0.5, 0.6) is 5.75 Å². The van der Waals surface area contributed by atoms with E-state index >= 15 is 0 Å². The van der Waals surface area contributed by atoms with E-state index in [0.717, 1.165) is 48.4 Å². The summed E-state index contributed by atoms with van der Waals surface area (Å²) in [6, 6.07) is 10.5. The average molecular weight is 354 g/mol. The average Bonchev–Trinajstić information content (AvgIpc) is 3.01. The zero-order valence-corrected chi connectivity index (χ0v) is 15.6. The van der Waals surface area contributed by atoms with Gasteiger partial charge in [-0.3, -0.25) is 0 Å². The van der Waals surface area contributed by atoms with Gasteiger partial charge in [0.1, 0.15) is 22.2 Å². The SMILES string of the molecule is COc1ccc(N2CCN(c3nc(C)nc4sc(C)cc34)CC2)cc1. The molecule has 25 heavy (non-hydrogen) atoms. The summed E-state index contributed by atoms with van der Waals surface area (Å²) in [5, 5.41) is 1.19. The molecule has 0 bridgehead atoms. The van der Waals surface area contributed by atoms with Gasteiger partial charge in [-0.25, -0.2) is 9.97 Å². The third-order valence-corrected chi connectivity index (χ3v) is 5.57. The highest BCUT2D eigenvalue weighted by atomic mass is 32.1. The first-order valence-corrected chi connectivity index (χ1v) is 9.34. The predicted molar refractivity (Wildman–Crippen MR) is 104 cm³/mol. The fourth-order valence-electron chi connectivity index (χ4n) is 3.34. The van der Waals surface area contributed by atoms with Crippen molar-refractivity contribution in [1.29, 1.82) is 0 Å². The van der Waals surface area contributed by atoms with Gasteiger partial charge in [-0.2, -0.15) is 0 Å². The van der Waals surface area contributed by atoms with E-state index in [0.29, 0.717) is 0 Å². The maximum atomic E-state index is 5.25. The Kier molecular flexibility index (Phi) is 4.21. The van der Waals surface area contributed by atoms with Crippen molar-refractivity contribution in [2.24, 2.45) is 0 Å². The van der Waals surface area contributed by atoms with Gasteiger partial charge < -0.3 is 14.5 Å². The summed E-state index contributed by atoms with van der Waals surface area (Å²) >= 11 is 1.75. The molecular weight excluding hydrogens is 332 g/mol. The summed E-state index contributed by atoms with van der Waals surface area (Å²) < 4.78 is 5.25. The second kappa shape index (κ2) is 6.52. The van der Waals surface area contributed by atoms with Crippen LogP contribution in [0.4, 0.5) is 11.5 Å². The maximum Gasteiger partial charge on any atom is 0.141 e. The fraction of sp³-hybridized carbons (Fsp3) is 0.368. The number of ether oxygens (including phenoxy) is 1. The summed E-state index contributed by atoms with van der Waals surface area (Å²) in [7, 11) is 1.70. The van der Waals surface area contributed by atoms with Crippen LogP contribution in [0.15, 0.2) is 30.3 Å². The van der Waals surface area contributed by atoms with Crippen LogP contribution in [-0.2, 0) is 0 Å². The van der Waals surface area contributed by atoms with E-state index in [1.54, 1.807) is 18.4 Å². The number of anilines is 2. The Morgan fingerprint density at radius 2 is 1.64 bits per heavy atom. The van der Waals surface area contributed by atoms with E-state index in [4.69, 9.17) is 9.72 Å². The molecule has 1 aliphatic heterocycles. The molecule has 0 amide bonds. The first-order valence-electron chi connectivity index (χ1n) is 8.53. The van der Waals surface area contributed by atoms with Crippen molar-refractivity contribution in [3.8, 4) is 5.75 Å². The number of methoxy groups -OCH3 is 1. The molecule has 0 N–H and O–H groups in total. The van der Waals surface area contributed by atoms with Crippen molar-refractivity contribution in [3.63, 3.8) is 0 Å². The van der Waals surface area contributed by atoms with Gasteiger partial charge in [-0.15, -0.1) is 11.3 Å². The van der Waals surface area contributed by atoms with Crippen LogP contribution in [0.3, 0.4) is 0 Å². The number of nitrogens with zero attached hydrogens (tertiary/aromatic N) is 4. The molecule has 130 valence electrons. The van der Waals surface area contributed by atoms with E-state index in [-0.39, 0.29) is 0 Å². The summed E-state index contributed by atoms with van der Waals surface area (Å²) in [5.74, 6) is 2.83. The van der Waals surface area contributed by atoms with Crippen molar-refractivity contribution in [3.05, 3.63) is 41.0 Å². The Morgan fingerprint density at radius 1 is 0.960 bits per heavy atom. The number of piperazine rings is 1. The Bertz CT molecular complexity index is 882. The van der Waals surface area contributed by atoms with E-state index in [1.807, 2.05) is 19.1 Å². The van der Waals surface area contributed by atoms with Gasteiger partial charge in [0.2, 0.25) is 0 Å². The quantitative estimate of drug-likeness (QED) is 0.718. The highest BCUT2D eigenvalue weighted by Gasteiger charge is 2.21. The van der Waals surface area contributed by atoms with Crippen LogP contribution in [0.1, 0.15) is 10.7 Å². The van der Waals surface area contributed by atoms with Crippen LogP contribution in [0, 0.1) is 13.8 Å². The van der Waals surface area contributed by atoms with E-state index in [1.165, 1.54) is 16.0 Å². The highest BCUT2D eigenvalue weighted by Crippen LogP contribution is 2.31. The molecule has 0 radical (unpaired) electrons. The lowest BCUT2D eigenvalue weighted by Gasteiger charge is -2.37. The Hall–Kier alpha value is -2.34. The third kappa shape index (κ3) is 3.14. The number of aromatic nitrogens is 2. The smallest absolute Gasteiger partial charge is 0.141 e. The van der Waals surface area contributed by atoms with Gasteiger partial charge in [0.15, 0.2) is 0 Å². The summed E-state index contributed by atoms with van der Waals surface area (Å²) in [5.41, 5.74) is 1.25. The van der Waals surface area contributed by atoms with Crippen LogP contribution >= 0.6 is 11.3 Å². The number of hydrogen-bond donors (Lipinski definition) is 0. The molecule has 1 saturated heterocycles. The molecule has 2 aromatic heterocycles. The van der Waals surface area contributed by atoms with Crippen LogP contribution in [0.25, 0.3) is 10.2 Å². The van der Waals surface area contributed by atoms with Gasteiger partial charge in [-0.05, 0) is 44.2 Å². The van der Waals surface area contributed by atoms with Gasteiger partial charge in [-0.1, -0.05) is 0 Å². The molecular formula is C19H22N4OS. The minimum Gasteiger partial charge on any atom is -0.497 e. The van der Waals surface area contributed by atoms with Gasteiger partial charge in [0.05, 0.1) is 12.5 Å². The summed E-state index contributed by atoms with van der Waals surface area (Å²) in [6.45, 7) is 8.01. The van der Waals surface area contributed by atoms with Crippen molar-refractivity contribution in [2.45, 2.75) is 13.8 Å². The zero-order valence-electron chi connectivity index (χ0n) is 14.8. The normalized spacial score (nSPS) is 15.0. The van der Waals surface area contributed by atoms with E-state index in [2.05, 4.69) is 39.9 Å². The Balaban J connectivity index is 1.53. The summed E-state index contributed by atoms with van der Waals surface area (Å²) in [4.78, 5) is 16.5. The second-order valence-electron chi connectivity index (χ2n) is 6.34. The first kappa shape index (κ1) is 16.1. The molecule has 0 unspecified atom stereocenters. The van der Waals surface area contributed by atoms with E-state index in [9.17, 15) is 0 Å². The van der Waals surface area contributed by atoms with Crippen LogP contribution in [-0.4, -0.2) is 43.3 Å². The lowest BCUT2D eigenvalue weighted by molar-refractivity contribution is 0.415. The first-order chi connectivity index (χ1) is 12.1. The van der Waals surface area contributed by atoms with Crippen molar-refractivity contribution < 1.29 is 4.74 Å². The van der Waals surface area contributed by atoms with Crippen LogP contribution in [0.2, 0.25) is 0 Å². The third-order valence-electron chi connectivity index (χ3n) is 4.62. The second-order valence-corrected chi connectivity index (χ2v) is 7.58. The van der Waals surface area contributed by atoms with Crippen molar-refractivity contribution in [2.75, 3.05) is 43.1 Å². The molecule has 0 aliphatic carbocycles. The molecule has 3 heterocycles. The Labute approximate surface area is 151 Å². The molecule has 6 heteroatoms. The molecule has 1 aliphatic rings. The number of benzene rings is 1. The number of hydrogen-bond acceptors (Lipinski definition) is 6. The highest BCUT2D eigenvalue weighted by molar-refractivity contribution is 7.18. The predicted octanol–water partition coefficient (Wildman–Crippen LogP) is 3.64. The minimum absolute atomic E-state index is 0.849. The lowest BCUT2D eigenvalue weighted by atomic mass is 10.2. The molecule has 4 rings (SSSR count). The largest absolute Gasteiger partial charge is 0.497 e. The standard InChI is InChI=1S/C19H22N4OS/c1-13-12-17-18(20-14(2)21-19(17)25-13)23-10-8-22(9-11-23)15-4-6-16(24-3)7-5-15/h4-7,12H,8-11H2,1-3H3. The molecule has 0 atom stereocenters. The molecule has 0 spiro atoms. The molecule has 1 fully saturated rings. The monoisotopic (exact) mass is 354 g/mol. The van der Waals surface area contributed by atoms with Crippen molar-refractivity contribution >= 4 is 33.1 Å². The minimum atomic E-state index is 0.849.